The molecule has 1 amide bonds. The Morgan fingerprint density at radius 1 is 0.811 bits per heavy atom. The Balaban J connectivity index is 1.28. The third-order valence-electron chi connectivity index (χ3n) is 7.15. The summed E-state index contributed by atoms with van der Waals surface area (Å²) in [5.41, 5.74) is 3.53. The molecule has 2 atom stereocenters. The third-order valence-corrected chi connectivity index (χ3v) is 7.65. The Bertz CT molecular complexity index is 1290. The lowest BCUT2D eigenvalue weighted by atomic mass is 9.93. The van der Waals surface area contributed by atoms with E-state index in [1.54, 1.807) is 0 Å². The van der Waals surface area contributed by atoms with E-state index in [0.717, 1.165) is 41.7 Å². The average Bonchev–Trinajstić information content (AvgIpc) is 2.93. The smallest absolute Gasteiger partial charge is 0.224 e. The van der Waals surface area contributed by atoms with E-state index < -0.39 is 0 Å². The maximum absolute atomic E-state index is 13.3. The summed E-state index contributed by atoms with van der Waals surface area (Å²) in [6, 6.07) is 30.8. The van der Waals surface area contributed by atoms with Crippen LogP contribution in [-0.2, 0) is 24.4 Å². The Morgan fingerprint density at radius 2 is 1.43 bits per heavy atom. The maximum Gasteiger partial charge on any atom is 0.224 e. The summed E-state index contributed by atoms with van der Waals surface area (Å²) < 4.78 is 0. The summed E-state index contributed by atoms with van der Waals surface area (Å²) >= 11 is 12.2. The SMILES string of the molecule is O=C(NCc1cccc2ccccc12)[C@@H]1CNC[C@H](N(Cc2ccc(Cl)cc2)Cc2ccc(Cl)cc2)C1. The van der Waals surface area contributed by atoms with Gasteiger partial charge in [0, 0.05) is 48.8 Å². The molecule has 1 aliphatic heterocycles. The summed E-state index contributed by atoms with van der Waals surface area (Å²) in [6.07, 6.45) is 0.801. The lowest BCUT2D eigenvalue weighted by molar-refractivity contribution is -0.126. The number of amides is 1. The zero-order valence-electron chi connectivity index (χ0n) is 20.7. The Hall–Kier alpha value is -2.89. The van der Waals surface area contributed by atoms with Crippen molar-refractivity contribution < 1.29 is 4.79 Å². The molecule has 0 aliphatic carbocycles. The highest BCUT2D eigenvalue weighted by Gasteiger charge is 2.30. The van der Waals surface area contributed by atoms with Gasteiger partial charge in [-0.1, -0.05) is 89.9 Å². The summed E-state index contributed by atoms with van der Waals surface area (Å²) in [6.45, 7) is 3.61. The van der Waals surface area contributed by atoms with Gasteiger partial charge in [0.05, 0.1) is 5.92 Å². The normalized spacial score (nSPS) is 17.7. The second-order valence-corrected chi connectivity index (χ2v) is 10.6. The van der Waals surface area contributed by atoms with Gasteiger partial charge in [0.25, 0.3) is 0 Å². The van der Waals surface area contributed by atoms with Gasteiger partial charge in [-0.15, -0.1) is 0 Å². The molecule has 0 bridgehead atoms. The second kappa shape index (κ2) is 12.1. The fourth-order valence-corrected chi connectivity index (χ4v) is 5.39. The third kappa shape index (κ3) is 6.71. The number of hydrogen-bond donors (Lipinski definition) is 2. The minimum absolute atomic E-state index is 0.0911. The van der Waals surface area contributed by atoms with E-state index >= 15 is 0 Å². The predicted octanol–water partition coefficient (Wildman–Crippen LogP) is 6.44. The van der Waals surface area contributed by atoms with Crippen molar-refractivity contribution in [2.45, 2.75) is 32.1 Å². The molecule has 37 heavy (non-hydrogen) atoms. The molecule has 5 rings (SSSR count). The number of nitrogens with one attached hydrogen (secondary N) is 2. The molecular weight excluding hydrogens is 501 g/mol. The van der Waals surface area contributed by atoms with E-state index in [2.05, 4.69) is 64.1 Å². The van der Waals surface area contributed by atoms with Crippen molar-refractivity contribution in [3.8, 4) is 0 Å². The number of hydrogen-bond acceptors (Lipinski definition) is 3. The summed E-state index contributed by atoms with van der Waals surface area (Å²) in [5, 5.41) is 10.6. The Labute approximate surface area is 228 Å². The minimum atomic E-state index is -0.0911. The molecule has 1 aliphatic rings. The monoisotopic (exact) mass is 531 g/mol. The van der Waals surface area contributed by atoms with E-state index in [-0.39, 0.29) is 17.9 Å². The van der Waals surface area contributed by atoms with Crippen molar-refractivity contribution in [2.24, 2.45) is 5.92 Å². The van der Waals surface area contributed by atoms with Gasteiger partial charge in [0.15, 0.2) is 0 Å². The minimum Gasteiger partial charge on any atom is -0.352 e. The highest BCUT2D eigenvalue weighted by molar-refractivity contribution is 6.30. The van der Waals surface area contributed by atoms with Crippen molar-refractivity contribution in [3.63, 3.8) is 0 Å². The fraction of sp³-hybridized carbons (Fsp3) is 0.258. The molecule has 1 heterocycles. The van der Waals surface area contributed by atoms with Crippen LogP contribution in [0.25, 0.3) is 10.8 Å². The molecule has 4 aromatic carbocycles. The van der Waals surface area contributed by atoms with Crippen molar-refractivity contribution in [2.75, 3.05) is 13.1 Å². The molecule has 1 fully saturated rings. The highest BCUT2D eigenvalue weighted by atomic mass is 35.5. The first kappa shape index (κ1) is 25.7. The molecule has 0 aromatic heterocycles. The molecule has 0 unspecified atom stereocenters. The second-order valence-electron chi connectivity index (χ2n) is 9.76. The molecule has 2 N–H and O–H groups in total. The van der Waals surface area contributed by atoms with Gasteiger partial charge in [0.2, 0.25) is 5.91 Å². The number of carbonyl (C=O) groups excluding carboxylic acids is 1. The molecule has 4 aromatic rings. The molecule has 0 saturated carbocycles. The first-order valence-corrected chi connectivity index (χ1v) is 13.5. The van der Waals surface area contributed by atoms with Gasteiger partial charge >= 0.3 is 0 Å². The van der Waals surface area contributed by atoms with Crippen LogP contribution in [0.3, 0.4) is 0 Å². The Kier molecular flexibility index (Phi) is 8.42. The average molecular weight is 533 g/mol. The highest BCUT2D eigenvalue weighted by Crippen LogP contribution is 2.23. The molecule has 4 nitrogen and oxygen atoms in total. The van der Waals surface area contributed by atoms with E-state index in [1.807, 2.05) is 42.5 Å². The van der Waals surface area contributed by atoms with Crippen LogP contribution in [0, 0.1) is 5.92 Å². The zero-order chi connectivity index (χ0) is 25.6. The number of carbonyl (C=O) groups is 1. The lowest BCUT2D eigenvalue weighted by Crippen LogP contribution is -2.51. The van der Waals surface area contributed by atoms with E-state index in [0.29, 0.717) is 13.1 Å². The Morgan fingerprint density at radius 3 is 2.11 bits per heavy atom. The fourth-order valence-electron chi connectivity index (χ4n) is 5.13. The van der Waals surface area contributed by atoms with Gasteiger partial charge in [-0.05, 0) is 58.1 Å². The van der Waals surface area contributed by atoms with Crippen LogP contribution < -0.4 is 10.6 Å². The molecule has 1 saturated heterocycles. The summed E-state index contributed by atoms with van der Waals surface area (Å²) in [5.74, 6) is 0.00901. The van der Waals surface area contributed by atoms with Crippen molar-refractivity contribution >= 4 is 39.9 Å². The van der Waals surface area contributed by atoms with Crippen LogP contribution in [0.5, 0.6) is 0 Å². The van der Waals surface area contributed by atoms with Gasteiger partial charge in [-0.3, -0.25) is 9.69 Å². The quantitative estimate of drug-likeness (QED) is 0.275. The molecular formula is C31H31Cl2N3O. The topological polar surface area (TPSA) is 44.4 Å². The standard InChI is InChI=1S/C31H31Cl2N3O/c32-27-12-8-22(9-13-27)20-36(21-23-10-14-28(33)15-11-23)29-16-26(17-34-19-29)31(37)35-18-25-6-3-5-24-4-1-2-7-30(24)25/h1-15,26,29,34H,16-21H2,(H,35,37)/t26-,29+/m0/s1. The van der Waals surface area contributed by atoms with Gasteiger partial charge in [-0.2, -0.15) is 0 Å². The van der Waals surface area contributed by atoms with E-state index in [1.165, 1.54) is 21.9 Å². The maximum atomic E-state index is 13.3. The van der Waals surface area contributed by atoms with Gasteiger partial charge in [0.1, 0.15) is 0 Å². The number of piperidine rings is 1. The molecule has 0 radical (unpaired) electrons. The van der Waals surface area contributed by atoms with Gasteiger partial charge in [-0.25, -0.2) is 0 Å². The molecule has 6 heteroatoms. The first-order chi connectivity index (χ1) is 18.0. The number of fused-ring (bicyclic) bond motifs is 1. The summed E-state index contributed by atoms with van der Waals surface area (Å²) in [7, 11) is 0. The zero-order valence-corrected chi connectivity index (χ0v) is 22.2. The molecule has 0 spiro atoms. The number of benzene rings is 4. The number of nitrogens with zero attached hydrogens (tertiary/aromatic N) is 1. The van der Waals surface area contributed by atoms with Crippen LogP contribution in [0.1, 0.15) is 23.1 Å². The summed E-state index contributed by atoms with van der Waals surface area (Å²) in [4.78, 5) is 15.7. The van der Waals surface area contributed by atoms with Crippen LogP contribution in [0.15, 0.2) is 91.0 Å². The van der Waals surface area contributed by atoms with E-state index in [9.17, 15) is 4.79 Å². The van der Waals surface area contributed by atoms with Crippen molar-refractivity contribution in [1.82, 2.24) is 15.5 Å². The lowest BCUT2D eigenvalue weighted by Gasteiger charge is -2.38. The van der Waals surface area contributed by atoms with Crippen molar-refractivity contribution in [3.05, 3.63) is 118 Å². The van der Waals surface area contributed by atoms with Crippen molar-refractivity contribution in [1.29, 1.82) is 0 Å². The number of rotatable bonds is 8. The first-order valence-electron chi connectivity index (χ1n) is 12.7. The largest absolute Gasteiger partial charge is 0.352 e. The predicted molar refractivity (Wildman–Crippen MR) is 153 cm³/mol. The van der Waals surface area contributed by atoms with E-state index in [4.69, 9.17) is 23.2 Å². The van der Waals surface area contributed by atoms with Crippen LogP contribution in [0.2, 0.25) is 10.0 Å². The van der Waals surface area contributed by atoms with Crippen LogP contribution in [0.4, 0.5) is 0 Å². The van der Waals surface area contributed by atoms with Crippen LogP contribution in [-0.4, -0.2) is 29.9 Å². The van der Waals surface area contributed by atoms with Crippen LogP contribution >= 0.6 is 23.2 Å². The number of halogens is 2. The molecule has 190 valence electrons. The van der Waals surface area contributed by atoms with Gasteiger partial charge < -0.3 is 10.6 Å².